The molecular weight excluding hydrogens is 238 g/mol. The molecule has 0 aliphatic heterocycles. The summed E-state index contributed by atoms with van der Waals surface area (Å²) in [5.74, 6) is 1.38. The average Bonchev–Trinajstić information content (AvgIpc) is 3.13. The number of hydrogen-bond acceptors (Lipinski definition) is 3. The van der Waals surface area contributed by atoms with E-state index in [0.29, 0.717) is 12.5 Å². The molecule has 3 N–H and O–H groups in total. The van der Waals surface area contributed by atoms with Gasteiger partial charge in [0.2, 0.25) is 0 Å². The van der Waals surface area contributed by atoms with Crippen LogP contribution in [0.5, 0.6) is 0 Å². The van der Waals surface area contributed by atoms with Crippen LogP contribution in [0.3, 0.4) is 0 Å². The van der Waals surface area contributed by atoms with Crippen molar-refractivity contribution in [1.29, 1.82) is 0 Å². The van der Waals surface area contributed by atoms with Gasteiger partial charge in [0.25, 0.3) is 0 Å². The zero-order chi connectivity index (χ0) is 13.5. The second-order valence-corrected chi connectivity index (χ2v) is 6.43. The molecule has 106 valence electrons. The van der Waals surface area contributed by atoms with Gasteiger partial charge in [-0.05, 0) is 37.5 Å². The highest BCUT2D eigenvalue weighted by molar-refractivity contribution is 5.14. The summed E-state index contributed by atoms with van der Waals surface area (Å²) in [4.78, 5) is 4.22. The highest BCUT2D eigenvalue weighted by Crippen LogP contribution is 2.60. The minimum absolute atomic E-state index is 0.103. The summed E-state index contributed by atoms with van der Waals surface area (Å²) in [5, 5.41) is 10.9. The van der Waals surface area contributed by atoms with Crippen LogP contribution in [-0.4, -0.2) is 21.2 Å². The topological polar surface area (TPSA) is 64.1 Å². The predicted octanol–water partition coefficient (Wildman–Crippen LogP) is 2.09. The van der Waals surface area contributed by atoms with E-state index in [1.165, 1.54) is 19.3 Å². The van der Waals surface area contributed by atoms with Gasteiger partial charge in [0.1, 0.15) is 6.10 Å². The molecule has 1 heterocycles. The van der Waals surface area contributed by atoms with Crippen molar-refractivity contribution in [2.75, 3.05) is 6.54 Å². The number of nitrogens with two attached hydrogens (primary N) is 1. The van der Waals surface area contributed by atoms with Crippen LogP contribution in [0.1, 0.15) is 50.8 Å². The lowest BCUT2D eigenvalue weighted by Crippen LogP contribution is -2.42. The molecule has 4 heteroatoms. The van der Waals surface area contributed by atoms with Crippen molar-refractivity contribution in [3.63, 3.8) is 0 Å². The van der Waals surface area contributed by atoms with Crippen LogP contribution < -0.4 is 5.73 Å². The van der Waals surface area contributed by atoms with Gasteiger partial charge in [0, 0.05) is 18.5 Å². The van der Waals surface area contributed by atoms with E-state index in [2.05, 4.69) is 16.5 Å². The number of nitrogens with zero attached hydrogens (tertiary/aromatic N) is 2. The van der Waals surface area contributed by atoms with Gasteiger partial charge < -0.3 is 15.4 Å². The molecule has 2 bridgehead atoms. The first-order chi connectivity index (χ1) is 9.21. The molecule has 0 saturated heterocycles. The van der Waals surface area contributed by atoms with Crippen molar-refractivity contribution in [3.05, 3.63) is 18.2 Å². The third-order valence-electron chi connectivity index (χ3n) is 5.44. The van der Waals surface area contributed by atoms with Gasteiger partial charge in [-0.2, -0.15) is 0 Å². The van der Waals surface area contributed by atoms with E-state index in [4.69, 9.17) is 5.73 Å². The minimum Gasteiger partial charge on any atom is -0.386 e. The molecule has 2 saturated carbocycles. The van der Waals surface area contributed by atoms with Gasteiger partial charge in [-0.15, -0.1) is 0 Å². The van der Waals surface area contributed by atoms with Gasteiger partial charge in [0.15, 0.2) is 0 Å². The Balaban J connectivity index is 1.89. The van der Waals surface area contributed by atoms with Gasteiger partial charge in [-0.3, -0.25) is 0 Å². The molecule has 2 aliphatic carbocycles. The monoisotopic (exact) mass is 263 g/mol. The molecule has 3 rings (SSSR count). The summed E-state index contributed by atoms with van der Waals surface area (Å²) in [5.41, 5.74) is 6.95. The standard InChI is InChI=1S/C15H25N3O/c1-2-5-18-10-17-8-13(18)14(19)15(9-16)7-11-3-4-12(15)6-11/h8,10-12,14,19H,2-7,9,16H2,1H3. The maximum absolute atomic E-state index is 10.9. The number of hydrogen-bond donors (Lipinski definition) is 2. The molecule has 0 radical (unpaired) electrons. The zero-order valence-electron chi connectivity index (χ0n) is 11.8. The van der Waals surface area contributed by atoms with Crippen molar-refractivity contribution in [2.24, 2.45) is 23.0 Å². The quantitative estimate of drug-likeness (QED) is 0.855. The Hall–Kier alpha value is -0.870. The smallest absolute Gasteiger partial charge is 0.103 e. The van der Waals surface area contributed by atoms with E-state index in [0.717, 1.165) is 31.0 Å². The molecule has 4 nitrogen and oxygen atoms in total. The van der Waals surface area contributed by atoms with E-state index in [1.54, 1.807) is 0 Å². The molecule has 1 aromatic rings. The number of rotatable bonds is 5. The Morgan fingerprint density at radius 3 is 3.00 bits per heavy atom. The SMILES string of the molecule is CCCn1cncc1C(O)C1(CN)CC2CCC1C2. The Labute approximate surface area is 115 Å². The van der Waals surface area contributed by atoms with E-state index >= 15 is 0 Å². The highest BCUT2D eigenvalue weighted by Gasteiger charge is 2.54. The van der Waals surface area contributed by atoms with Gasteiger partial charge in [0.05, 0.1) is 18.2 Å². The number of imidazole rings is 1. The third kappa shape index (κ3) is 1.93. The molecular formula is C15H25N3O. The van der Waals surface area contributed by atoms with Crippen LogP contribution in [0.2, 0.25) is 0 Å². The third-order valence-corrected chi connectivity index (χ3v) is 5.44. The van der Waals surface area contributed by atoms with Crippen LogP contribution in [0.4, 0.5) is 0 Å². The van der Waals surface area contributed by atoms with Gasteiger partial charge >= 0.3 is 0 Å². The highest BCUT2D eigenvalue weighted by atomic mass is 16.3. The number of fused-ring (bicyclic) bond motifs is 2. The molecule has 0 amide bonds. The summed E-state index contributed by atoms with van der Waals surface area (Å²) in [6.45, 7) is 3.65. The van der Waals surface area contributed by atoms with Crippen LogP contribution in [0.25, 0.3) is 0 Å². The summed E-state index contributed by atoms with van der Waals surface area (Å²) in [6, 6.07) is 0. The lowest BCUT2D eigenvalue weighted by atomic mass is 9.68. The van der Waals surface area contributed by atoms with E-state index in [1.807, 2.05) is 12.5 Å². The Morgan fingerprint density at radius 1 is 1.58 bits per heavy atom. The number of aromatic nitrogens is 2. The summed E-state index contributed by atoms with van der Waals surface area (Å²) >= 11 is 0. The maximum atomic E-state index is 10.9. The fourth-order valence-electron chi connectivity index (χ4n) is 4.46. The summed E-state index contributed by atoms with van der Waals surface area (Å²) in [7, 11) is 0. The second-order valence-electron chi connectivity index (χ2n) is 6.43. The van der Waals surface area contributed by atoms with E-state index in [9.17, 15) is 5.11 Å². The van der Waals surface area contributed by atoms with Crippen molar-refractivity contribution in [1.82, 2.24) is 9.55 Å². The first-order valence-electron chi connectivity index (χ1n) is 7.59. The van der Waals surface area contributed by atoms with Crippen molar-refractivity contribution >= 4 is 0 Å². The molecule has 0 aromatic carbocycles. The molecule has 1 aromatic heterocycles. The molecule has 4 unspecified atom stereocenters. The van der Waals surface area contributed by atoms with E-state index in [-0.39, 0.29) is 5.41 Å². The molecule has 0 spiro atoms. The first-order valence-corrected chi connectivity index (χ1v) is 7.59. The van der Waals surface area contributed by atoms with Gasteiger partial charge in [-0.25, -0.2) is 4.98 Å². The van der Waals surface area contributed by atoms with Crippen LogP contribution in [0.15, 0.2) is 12.5 Å². The Kier molecular flexibility index (Phi) is 3.39. The maximum Gasteiger partial charge on any atom is 0.103 e. The first kappa shape index (κ1) is 13.1. The lowest BCUT2D eigenvalue weighted by molar-refractivity contribution is -0.0178. The van der Waals surface area contributed by atoms with E-state index < -0.39 is 6.10 Å². The molecule has 4 atom stereocenters. The zero-order valence-corrected chi connectivity index (χ0v) is 11.8. The Bertz CT molecular complexity index is 444. The van der Waals surface area contributed by atoms with Crippen LogP contribution in [0, 0.1) is 17.3 Å². The Morgan fingerprint density at radius 2 is 2.42 bits per heavy atom. The molecule has 2 aliphatic rings. The van der Waals surface area contributed by atoms with Crippen molar-refractivity contribution < 1.29 is 5.11 Å². The van der Waals surface area contributed by atoms with Crippen LogP contribution >= 0.6 is 0 Å². The van der Waals surface area contributed by atoms with Gasteiger partial charge in [-0.1, -0.05) is 13.3 Å². The number of aryl methyl sites for hydroxylation is 1. The lowest BCUT2D eigenvalue weighted by Gasteiger charge is -2.41. The fraction of sp³-hybridized carbons (Fsp3) is 0.800. The van der Waals surface area contributed by atoms with Crippen molar-refractivity contribution in [2.45, 2.75) is 51.7 Å². The molecule has 2 fully saturated rings. The summed E-state index contributed by atoms with van der Waals surface area (Å²) in [6.07, 6.45) is 9.17. The largest absolute Gasteiger partial charge is 0.386 e. The fourth-order valence-corrected chi connectivity index (χ4v) is 4.46. The number of aliphatic hydroxyl groups excluding tert-OH is 1. The normalized spacial score (nSPS) is 34.9. The average molecular weight is 263 g/mol. The summed E-state index contributed by atoms with van der Waals surface area (Å²) < 4.78 is 2.09. The molecule has 19 heavy (non-hydrogen) atoms. The predicted molar refractivity (Wildman–Crippen MR) is 74.4 cm³/mol. The van der Waals surface area contributed by atoms with Crippen LogP contribution in [-0.2, 0) is 6.54 Å². The second kappa shape index (κ2) is 4.91. The minimum atomic E-state index is -0.457. The van der Waals surface area contributed by atoms with Crippen molar-refractivity contribution in [3.8, 4) is 0 Å². The number of aliphatic hydroxyl groups is 1.